The monoisotopic (exact) mass is 439 g/mol. The maximum Gasteiger partial charge on any atom is 0.0805 e. The first-order valence-corrected chi connectivity index (χ1v) is 9.29. The Morgan fingerprint density at radius 1 is 1.00 bits per heavy atom. The molecule has 0 saturated carbocycles. The Morgan fingerprint density at radius 3 is 2.56 bits per heavy atom. The van der Waals surface area contributed by atoms with Crippen LogP contribution >= 0.6 is 22.6 Å². The summed E-state index contributed by atoms with van der Waals surface area (Å²) in [6.07, 6.45) is 3.75. The molecule has 0 amide bonds. The summed E-state index contributed by atoms with van der Waals surface area (Å²) in [6, 6.07) is 21.1. The van der Waals surface area contributed by atoms with E-state index in [0.29, 0.717) is 0 Å². The number of H-pyrrole nitrogens is 1. The molecule has 0 fully saturated rings. The third kappa shape index (κ3) is 3.26. The van der Waals surface area contributed by atoms with Gasteiger partial charge in [0.2, 0.25) is 0 Å². The summed E-state index contributed by atoms with van der Waals surface area (Å²) in [6.45, 7) is 2.13. The van der Waals surface area contributed by atoms with Crippen LogP contribution in [0.3, 0.4) is 0 Å². The topological polar surface area (TPSA) is 40.7 Å². The minimum Gasteiger partial charge on any atom is -0.374 e. The number of halogens is 1. The lowest BCUT2D eigenvalue weighted by atomic mass is 9.97. The number of pyridine rings is 1. The SMILES string of the molecule is Cc1[nH]c2ccccc2c1[C@H](Nc1ccc(I)cc1)c1cccnc1. The average Bonchev–Trinajstić information content (AvgIpc) is 2.98. The molecule has 0 aliphatic rings. The number of nitrogens with zero attached hydrogens (tertiary/aromatic N) is 1. The lowest BCUT2D eigenvalue weighted by Crippen LogP contribution is -2.13. The van der Waals surface area contributed by atoms with Crippen LogP contribution in [0.2, 0.25) is 0 Å². The van der Waals surface area contributed by atoms with Gasteiger partial charge in [-0.2, -0.15) is 0 Å². The Hall–Kier alpha value is -2.34. The maximum absolute atomic E-state index is 4.33. The summed E-state index contributed by atoms with van der Waals surface area (Å²) < 4.78 is 1.23. The smallest absolute Gasteiger partial charge is 0.0805 e. The van der Waals surface area contributed by atoms with E-state index in [4.69, 9.17) is 0 Å². The number of aromatic amines is 1. The van der Waals surface area contributed by atoms with Crippen molar-refractivity contribution in [3.05, 3.63) is 93.4 Å². The first kappa shape index (κ1) is 16.1. The molecule has 2 N–H and O–H groups in total. The minimum absolute atomic E-state index is 0.0323. The van der Waals surface area contributed by atoms with E-state index in [1.54, 1.807) is 0 Å². The summed E-state index contributed by atoms with van der Waals surface area (Å²) in [5, 5.41) is 4.94. The molecule has 1 atom stereocenters. The second-order valence-electron chi connectivity index (χ2n) is 6.08. The molecule has 0 aliphatic carbocycles. The van der Waals surface area contributed by atoms with E-state index in [0.717, 1.165) is 16.8 Å². The first-order valence-electron chi connectivity index (χ1n) is 8.21. The largest absolute Gasteiger partial charge is 0.374 e. The average molecular weight is 439 g/mol. The van der Waals surface area contributed by atoms with Crippen molar-refractivity contribution in [2.75, 3.05) is 5.32 Å². The van der Waals surface area contributed by atoms with Crippen LogP contribution in [0, 0.1) is 10.5 Å². The zero-order valence-corrected chi connectivity index (χ0v) is 16.0. The van der Waals surface area contributed by atoms with Crippen LogP contribution in [0.25, 0.3) is 10.9 Å². The Kier molecular flexibility index (Phi) is 4.44. The van der Waals surface area contributed by atoms with Gasteiger partial charge in [-0.25, -0.2) is 0 Å². The fraction of sp³-hybridized carbons (Fsp3) is 0.0952. The number of hydrogen-bond donors (Lipinski definition) is 2. The Morgan fingerprint density at radius 2 is 1.80 bits per heavy atom. The predicted octanol–water partition coefficient (Wildman–Crippen LogP) is 5.68. The van der Waals surface area contributed by atoms with Crippen molar-refractivity contribution >= 4 is 39.2 Å². The molecule has 0 saturated heterocycles. The lowest BCUT2D eigenvalue weighted by Gasteiger charge is -2.21. The molecule has 25 heavy (non-hydrogen) atoms. The summed E-state index contributed by atoms with van der Waals surface area (Å²) in [4.78, 5) is 7.84. The van der Waals surface area contributed by atoms with Gasteiger partial charge in [0, 0.05) is 43.8 Å². The molecule has 3 nitrogen and oxygen atoms in total. The Balaban J connectivity index is 1.85. The summed E-state index contributed by atoms with van der Waals surface area (Å²) >= 11 is 2.33. The van der Waals surface area contributed by atoms with Crippen molar-refractivity contribution in [3.8, 4) is 0 Å². The first-order chi connectivity index (χ1) is 12.2. The molecule has 4 aromatic rings. The number of benzene rings is 2. The Labute approximate surface area is 160 Å². The van der Waals surface area contributed by atoms with Crippen LogP contribution in [-0.2, 0) is 0 Å². The molecule has 0 aliphatic heterocycles. The number of aromatic nitrogens is 2. The van der Waals surface area contributed by atoms with Crippen LogP contribution in [-0.4, -0.2) is 9.97 Å². The number of anilines is 1. The van der Waals surface area contributed by atoms with Gasteiger partial charge in [0.25, 0.3) is 0 Å². The van der Waals surface area contributed by atoms with Crippen molar-refractivity contribution in [2.24, 2.45) is 0 Å². The molecule has 2 heterocycles. The highest BCUT2D eigenvalue weighted by atomic mass is 127. The predicted molar refractivity (Wildman–Crippen MR) is 112 cm³/mol. The van der Waals surface area contributed by atoms with Gasteiger partial charge in [-0.15, -0.1) is 0 Å². The van der Waals surface area contributed by atoms with Gasteiger partial charge in [-0.05, 0) is 71.5 Å². The van der Waals surface area contributed by atoms with Crippen molar-refractivity contribution < 1.29 is 0 Å². The highest BCUT2D eigenvalue weighted by Gasteiger charge is 2.21. The number of aryl methyl sites for hydroxylation is 1. The summed E-state index contributed by atoms with van der Waals surface area (Å²) in [5.74, 6) is 0. The zero-order valence-electron chi connectivity index (χ0n) is 13.8. The van der Waals surface area contributed by atoms with Crippen LogP contribution in [0.1, 0.15) is 22.9 Å². The molecule has 0 bridgehead atoms. The fourth-order valence-electron chi connectivity index (χ4n) is 3.25. The van der Waals surface area contributed by atoms with Crippen molar-refractivity contribution in [3.63, 3.8) is 0 Å². The second-order valence-corrected chi connectivity index (χ2v) is 7.33. The van der Waals surface area contributed by atoms with Gasteiger partial charge in [0.15, 0.2) is 0 Å². The van der Waals surface area contributed by atoms with E-state index < -0.39 is 0 Å². The van der Waals surface area contributed by atoms with E-state index in [2.05, 4.69) is 99.4 Å². The Bertz CT molecular complexity index is 991. The third-order valence-corrected chi connectivity index (χ3v) is 5.12. The molecular formula is C21H18IN3. The van der Waals surface area contributed by atoms with Crippen LogP contribution < -0.4 is 5.32 Å². The number of hydrogen-bond acceptors (Lipinski definition) is 2. The van der Waals surface area contributed by atoms with E-state index in [1.807, 2.05) is 18.5 Å². The molecule has 0 unspecified atom stereocenters. The number of rotatable bonds is 4. The van der Waals surface area contributed by atoms with E-state index >= 15 is 0 Å². The number of para-hydroxylation sites is 1. The normalized spacial score (nSPS) is 12.2. The molecule has 2 aromatic carbocycles. The van der Waals surface area contributed by atoms with E-state index in [9.17, 15) is 0 Å². The van der Waals surface area contributed by atoms with Gasteiger partial charge in [-0.1, -0.05) is 24.3 Å². The minimum atomic E-state index is 0.0323. The highest BCUT2D eigenvalue weighted by Crippen LogP contribution is 2.34. The lowest BCUT2D eigenvalue weighted by molar-refractivity contribution is 0.922. The summed E-state index contributed by atoms with van der Waals surface area (Å²) in [5.41, 5.74) is 5.84. The van der Waals surface area contributed by atoms with Crippen molar-refractivity contribution in [1.29, 1.82) is 0 Å². The molecular weight excluding hydrogens is 421 g/mol. The van der Waals surface area contributed by atoms with Crippen LogP contribution in [0.15, 0.2) is 73.1 Å². The summed E-state index contributed by atoms with van der Waals surface area (Å²) in [7, 11) is 0. The standard InChI is InChI=1S/C21H18IN3/c1-14-20(18-6-2-3-7-19(18)24-14)21(15-5-4-12-23-13-15)25-17-10-8-16(22)9-11-17/h2-13,21,24-25H,1H3/t21-/m1/s1. The van der Waals surface area contributed by atoms with Gasteiger partial charge in [-0.3, -0.25) is 4.98 Å². The van der Waals surface area contributed by atoms with Gasteiger partial charge < -0.3 is 10.3 Å². The molecule has 4 heteroatoms. The molecule has 0 radical (unpaired) electrons. The van der Waals surface area contributed by atoms with Crippen LogP contribution in [0.4, 0.5) is 5.69 Å². The van der Waals surface area contributed by atoms with Crippen molar-refractivity contribution in [1.82, 2.24) is 9.97 Å². The molecule has 4 rings (SSSR count). The number of fused-ring (bicyclic) bond motifs is 1. The second kappa shape index (κ2) is 6.88. The highest BCUT2D eigenvalue weighted by molar-refractivity contribution is 14.1. The van der Waals surface area contributed by atoms with Gasteiger partial charge in [0.05, 0.1) is 6.04 Å². The quantitative estimate of drug-likeness (QED) is 0.402. The zero-order chi connectivity index (χ0) is 17.2. The van der Waals surface area contributed by atoms with Gasteiger partial charge in [0.1, 0.15) is 0 Å². The number of nitrogens with one attached hydrogen (secondary N) is 2. The molecule has 2 aromatic heterocycles. The molecule has 124 valence electrons. The van der Waals surface area contributed by atoms with Gasteiger partial charge >= 0.3 is 0 Å². The maximum atomic E-state index is 4.33. The molecule has 0 spiro atoms. The fourth-order valence-corrected chi connectivity index (χ4v) is 3.61. The third-order valence-electron chi connectivity index (χ3n) is 4.41. The van der Waals surface area contributed by atoms with E-state index in [-0.39, 0.29) is 6.04 Å². The van der Waals surface area contributed by atoms with E-state index in [1.165, 1.54) is 20.2 Å². The van der Waals surface area contributed by atoms with Crippen LogP contribution in [0.5, 0.6) is 0 Å². The van der Waals surface area contributed by atoms with Crippen molar-refractivity contribution in [2.45, 2.75) is 13.0 Å².